The average Bonchev–Trinajstić information content (AvgIpc) is 3.78. The fraction of sp³-hybridized carbons (Fsp3) is 0. The monoisotopic (exact) mass is 670 g/mol. The molecule has 3 nitrogen and oxygen atoms in total. The topological polar surface area (TPSA) is 29.3 Å². The molecule has 0 unspecified atom stereocenters. The van der Waals surface area contributed by atoms with Crippen LogP contribution in [0, 0.1) is 0 Å². The highest BCUT2D eigenvalue weighted by molar-refractivity contribution is 7.25. The molecular formula is C47H30N2OS. The maximum atomic E-state index is 6.26. The molecular weight excluding hydrogens is 641 g/mol. The van der Waals surface area contributed by atoms with Gasteiger partial charge in [0.2, 0.25) is 5.89 Å². The summed E-state index contributed by atoms with van der Waals surface area (Å²) in [4.78, 5) is 7.23. The summed E-state index contributed by atoms with van der Waals surface area (Å²) in [5.74, 6) is 0.647. The van der Waals surface area contributed by atoms with Gasteiger partial charge in [-0.15, -0.1) is 11.3 Å². The second-order valence-corrected chi connectivity index (χ2v) is 13.9. The Morgan fingerprint density at radius 3 is 1.94 bits per heavy atom. The van der Waals surface area contributed by atoms with E-state index in [9.17, 15) is 0 Å². The molecule has 0 atom stereocenters. The Labute approximate surface area is 299 Å². The van der Waals surface area contributed by atoms with Crippen LogP contribution in [0.25, 0.3) is 75.8 Å². The lowest BCUT2D eigenvalue weighted by Crippen LogP contribution is -2.11. The van der Waals surface area contributed by atoms with Crippen LogP contribution in [0.2, 0.25) is 0 Å². The first-order valence-corrected chi connectivity index (χ1v) is 17.9. The normalized spacial score (nSPS) is 11.5. The Balaban J connectivity index is 1.10. The van der Waals surface area contributed by atoms with Gasteiger partial charge in [0.1, 0.15) is 5.52 Å². The van der Waals surface area contributed by atoms with Crippen molar-refractivity contribution in [1.29, 1.82) is 0 Å². The van der Waals surface area contributed by atoms with Crippen molar-refractivity contribution in [3.8, 4) is 33.7 Å². The molecule has 8 aromatic carbocycles. The molecule has 0 bridgehead atoms. The zero-order chi connectivity index (χ0) is 33.7. The Morgan fingerprint density at radius 1 is 0.451 bits per heavy atom. The predicted molar refractivity (Wildman–Crippen MR) is 215 cm³/mol. The highest BCUT2D eigenvalue weighted by Gasteiger charge is 2.19. The number of anilines is 3. The molecule has 0 aliphatic carbocycles. The van der Waals surface area contributed by atoms with E-state index in [0.29, 0.717) is 5.89 Å². The van der Waals surface area contributed by atoms with E-state index in [-0.39, 0.29) is 0 Å². The van der Waals surface area contributed by atoms with Crippen molar-refractivity contribution in [3.05, 3.63) is 182 Å². The van der Waals surface area contributed by atoms with E-state index < -0.39 is 0 Å². The van der Waals surface area contributed by atoms with Crippen molar-refractivity contribution >= 4 is 70.4 Å². The molecule has 0 saturated carbocycles. The number of benzene rings is 8. The molecule has 0 amide bonds. The Bertz CT molecular complexity index is 2850. The minimum atomic E-state index is 0.647. The molecule has 10 rings (SSSR count). The largest absolute Gasteiger partial charge is 0.436 e. The summed E-state index contributed by atoms with van der Waals surface area (Å²) in [6, 6.07) is 64.7. The number of fused-ring (bicyclic) bond motifs is 5. The van der Waals surface area contributed by atoms with Gasteiger partial charge in [0.25, 0.3) is 0 Å². The molecule has 2 heterocycles. The van der Waals surface area contributed by atoms with Crippen LogP contribution >= 0.6 is 11.3 Å². The minimum Gasteiger partial charge on any atom is -0.436 e. The molecule has 240 valence electrons. The summed E-state index contributed by atoms with van der Waals surface area (Å²) in [5, 5.41) is 4.89. The van der Waals surface area contributed by atoms with Crippen LogP contribution in [-0.4, -0.2) is 4.98 Å². The number of para-hydroxylation sites is 1. The summed E-state index contributed by atoms with van der Waals surface area (Å²) >= 11 is 1.80. The van der Waals surface area contributed by atoms with Crippen LogP contribution < -0.4 is 4.90 Å². The fourth-order valence-corrected chi connectivity index (χ4v) is 8.31. The van der Waals surface area contributed by atoms with Gasteiger partial charge in [0.05, 0.1) is 5.69 Å². The van der Waals surface area contributed by atoms with Gasteiger partial charge >= 0.3 is 0 Å². The van der Waals surface area contributed by atoms with E-state index in [4.69, 9.17) is 9.40 Å². The van der Waals surface area contributed by atoms with Gasteiger partial charge < -0.3 is 9.32 Å². The summed E-state index contributed by atoms with van der Waals surface area (Å²) < 4.78 is 8.67. The van der Waals surface area contributed by atoms with E-state index in [0.717, 1.165) is 33.7 Å². The number of hydrogen-bond donors (Lipinski definition) is 0. The van der Waals surface area contributed by atoms with Crippen molar-refractivity contribution < 1.29 is 4.42 Å². The first-order valence-electron chi connectivity index (χ1n) is 17.1. The molecule has 0 spiro atoms. The zero-order valence-corrected chi connectivity index (χ0v) is 28.3. The summed E-state index contributed by atoms with van der Waals surface area (Å²) in [5.41, 5.74) is 10.7. The average molecular weight is 671 g/mol. The molecule has 0 radical (unpaired) electrons. The second kappa shape index (κ2) is 12.1. The maximum absolute atomic E-state index is 6.26. The number of thiophene rings is 1. The first kappa shape index (κ1) is 29.4. The smallest absolute Gasteiger partial charge is 0.227 e. The summed E-state index contributed by atoms with van der Waals surface area (Å²) in [6.45, 7) is 0. The second-order valence-electron chi connectivity index (χ2n) is 12.8. The molecule has 51 heavy (non-hydrogen) atoms. The van der Waals surface area contributed by atoms with Crippen molar-refractivity contribution in [2.45, 2.75) is 0 Å². The Morgan fingerprint density at radius 2 is 1.12 bits per heavy atom. The van der Waals surface area contributed by atoms with Gasteiger partial charge in [-0.3, -0.25) is 0 Å². The summed E-state index contributed by atoms with van der Waals surface area (Å²) in [7, 11) is 0. The third-order valence-electron chi connectivity index (χ3n) is 9.68. The molecule has 10 aromatic rings. The third kappa shape index (κ3) is 5.25. The van der Waals surface area contributed by atoms with Gasteiger partial charge in [-0.2, -0.15) is 0 Å². The number of hydrogen-bond acceptors (Lipinski definition) is 4. The lowest BCUT2D eigenvalue weighted by atomic mass is 9.99. The highest BCUT2D eigenvalue weighted by Crippen LogP contribution is 2.45. The van der Waals surface area contributed by atoms with Crippen molar-refractivity contribution in [1.82, 2.24) is 4.98 Å². The Kier molecular flexibility index (Phi) is 7.00. The molecule has 0 aliphatic heterocycles. The standard InChI is InChI=1S/C47H30N2OS/c1-3-12-33(13-4-1)39-17-9-10-18-43(39)49(37-23-21-32(22-24-37)36-20-19-31-11-7-8-16-35(31)27-36)38-25-26-40-41-29-44-42(30-46(41)51-45(40)28-38)48-47(50-44)34-14-5-2-6-15-34/h1-30H. The van der Waals surface area contributed by atoms with Crippen LogP contribution in [0.15, 0.2) is 186 Å². The molecule has 0 saturated heterocycles. The van der Waals surface area contributed by atoms with Crippen LogP contribution in [0.5, 0.6) is 0 Å². The van der Waals surface area contributed by atoms with Crippen LogP contribution in [0.4, 0.5) is 17.1 Å². The highest BCUT2D eigenvalue weighted by atomic mass is 32.1. The number of oxazole rings is 1. The maximum Gasteiger partial charge on any atom is 0.227 e. The van der Waals surface area contributed by atoms with E-state index in [1.165, 1.54) is 53.2 Å². The van der Waals surface area contributed by atoms with E-state index in [1.807, 2.05) is 30.3 Å². The lowest BCUT2D eigenvalue weighted by Gasteiger charge is -2.28. The van der Waals surface area contributed by atoms with Crippen molar-refractivity contribution in [2.24, 2.45) is 0 Å². The van der Waals surface area contributed by atoms with Gasteiger partial charge in [-0.05, 0) is 88.1 Å². The zero-order valence-electron chi connectivity index (χ0n) is 27.5. The molecule has 4 heteroatoms. The third-order valence-corrected chi connectivity index (χ3v) is 10.8. The minimum absolute atomic E-state index is 0.647. The SMILES string of the molecule is c1ccc(-c2nc3cc4sc5cc(N(c6ccc(-c7ccc8ccccc8c7)cc6)c6ccccc6-c6ccccc6)ccc5c4cc3o2)cc1. The van der Waals surface area contributed by atoms with Crippen molar-refractivity contribution in [2.75, 3.05) is 4.90 Å². The molecule has 0 fully saturated rings. The van der Waals surface area contributed by atoms with E-state index in [2.05, 4.69) is 157 Å². The lowest BCUT2D eigenvalue weighted by molar-refractivity contribution is 0.620. The molecule has 0 N–H and O–H groups in total. The van der Waals surface area contributed by atoms with Gasteiger partial charge in [-0.25, -0.2) is 4.98 Å². The predicted octanol–water partition coefficient (Wildman–Crippen LogP) is 13.8. The molecule has 2 aromatic heterocycles. The number of aromatic nitrogens is 1. The van der Waals surface area contributed by atoms with Gasteiger partial charge in [-0.1, -0.05) is 121 Å². The van der Waals surface area contributed by atoms with Crippen LogP contribution in [0.1, 0.15) is 0 Å². The fourth-order valence-electron chi connectivity index (χ4n) is 7.16. The molecule has 0 aliphatic rings. The van der Waals surface area contributed by atoms with Gasteiger partial charge in [0.15, 0.2) is 5.58 Å². The van der Waals surface area contributed by atoms with Crippen molar-refractivity contribution in [3.63, 3.8) is 0 Å². The van der Waals surface area contributed by atoms with Gasteiger partial charge in [0, 0.05) is 42.7 Å². The van der Waals surface area contributed by atoms with Crippen LogP contribution in [0.3, 0.4) is 0 Å². The number of nitrogens with zero attached hydrogens (tertiary/aromatic N) is 2. The Hall–Kier alpha value is -6.49. The van der Waals surface area contributed by atoms with E-state index >= 15 is 0 Å². The summed E-state index contributed by atoms with van der Waals surface area (Å²) in [6.07, 6.45) is 0. The number of rotatable bonds is 6. The quantitative estimate of drug-likeness (QED) is 0.176. The van der Waals surface area contributed by atoms with E-state index in [1.54, 1.807) is 11.3 Å². The van der Waals surface area contributed by atoms with Crippen LogP contribution in [-0.2, 0) is 0 Å². The first-order chi connectivity index (χ1) is 25.2.